The Morgan fingerprint density at radius 3 is 2.47 bits per heavy atom. The van der Waals surface area contributed by atoms with Crippen LogP contribution < -0.4 is 5.32 Å². The number of rotatable bonds is 5. The topological polar surface area (TPSA) is 83.6 Å². The van der Waals surface area contributed by atoms with Crippen LogP contribution in [0.2, 0.25) is 0 Å². The monoisotopic (exact) mass is 288 g/mol. The number of hydrogen-bond acceptors (Lipinski definition) is 4. The van der Waals surface area contributed by atoms with Crippen LogP contribution in [0.3, 0.4) is 0 Å². The highest BCUT2D eigenvalue weighted by molar-refractivity contribution is 7.91. The fourth-order valence-electron chi connectivity index (χ4n) is 2.96. The van der Waals surface area contributed by atoms with Crippen LogP contribution in [-0.4, -0.2) is 48.8 Å². The van der Waals surface area contributed by atoms with Gasteiger partial charge in [-0.3, -0.25) is 10.1 Å². The van der Waals surface area contributed by atoms with Gasteiger partial charge in [0.25, 0.3) is 5.91 Å². The van der Waals surface area contributed by atoms with E-state index in [1.165, 1.54) is 0 Å². The van der Waals surface area contributed by atoms with Crippen LogP contribution in [0, 0.1) is 0 Å². The van der Waals surface area contributed by atoms with Gasteiger partial charge in [-0.2, -0.15) is 0 Å². The zero-order chi connectivity index (χ0) is 14.1. The first-order chi connectivity index (χ1) is 8.91. The molecule has 1 N–H and O–H groups in total. The molecule has 1 heterocycles. The zero-order valence-corrected chi connectivity index (χ0v) is 12.0. The molecule has 0 aromatic rings. The first-order valence-corrected chi connectivity index (χ1v) is 8.57. The lowest BCUT2D eigenvalue weighted by Crippen LogP contribution is -2.48. The molecule has 19 heavy (non-hydrogen) atoms. The van der Waals surface area contributed by atoms with Crippen molar-refractivity contribution in [1.82, 2.24) is 10.2 Å². The normalized spacial score (nSPS) is 22.3. The zero-order valence-electron chi connectivity index (χ0n) is 11.1. The standard InChI is InChI=1S/C12H20N2O4S/c1-2-19(17,18)9-5-8-14-11(16)13-10(15)12(14)6-3-4-7-12/h2-9H2,1H3,(H,13,15,16). The summed E-state index contributed by atoms with van der Waals surface area (Å²) in [5.41, 5.74) is -0.701. The molecule has 0 atom stereocenters. The largest absolute Gasteiger partial charge is 0.325 e. The van der Waals surface area contributed by atoms with Crippen LogP contribution in [0.5, 0.6) is 0 Å². The molecule has 1 aliphatic carbocycles. The van der Waals surface area contributed by atoms with Gasteiger partial charge >= 0.3 is 6.03 Å². The third-order valence-corrected chi connectivity index (χ3v) is 5.90. The SMILES string of the molecule is CCS(=O)(=O)CCCN1C(=O)NC(=O)C12CCCC2. The van der Waals surface area contributed by atoms with E-state index in [2.05, 4.69) is 5.32 Å². The second kappa shape index (κ2) is 5.11. The van der Waals surface area contributed by atoms with Crippen LogP contribution in [0.4, 0.5) is 4.79 Å². The van der Waals surface area contributed by atoms with E-state index in [-0.39, 0.29) is 23.4 Å². The molecule has 7 heteroatoms. The van der Waals surface area contributed by atoms with Gasteiger partial charge in [-0.1, -0.05) is 19.8 Å². The number of urea groups is 1. The maximum Gasteiger partial charge on any atom is 0.325 e. The summed E-state index contributed by atoms with van der Waals surface area (Å²) in [7, 11) is -3.02. The van der Waals surface area contributed by atoms with E-state index < -0.39 is 15.4 Å². The first kappa shape index (κ1) is 14.3. The molecule has 1 saturated heterocycles. The summed E-state index contributed by atoms with van der Waals surface area (Å²) in [5, 5.41) is 2.36. The summed E-state index contributed by atoms with van der Waals surface area (Å²) in [6.45, 7) is 1.94. The lowest BCUT2D eigenvalue weighted by molar-refractivity contribution is -0.126. The Hall–Kier alpha value is -1.11. The molecule has 2 fully saturated rings. The molecule has 0 aromatic heterocycles. The van der Waals surface area contributed by atoms with Crippen molar-refractivity contribution in [3.8, 4) is 0 Å². The van der Waals surface area contributed by atoms with E-state index in [1.807, 2.05) is 0 Å². The van der Waals surface area contributed by atoms with E-state index in [9.17, 15) is 18.0 Å². The van der Waals surface area contributed by atoms with Crippen LogP contribution in [0.25, 0.3) is 0 Å². The summed E-state index contributed by atoms with van der Waals surface area (Å²) in [6, 6.07) is -0.374. The Morgan fingerprint density at radius 2 is 1.89 bits per heavy atom. The van der Waals surface area contributed by atoms with Gasteiger partial charge in [0.05, 0.1) is 5.75 Å². The molecular weight excluding hydrogens is 268 g/mol. The van der Waals surface area contributed by atoms with Crippen molar-refractivity contribution in [2.24, 2.45) is 0 Å². The minimum atomic E-state index is -3.02. The number of sulfone groups is 1. The molecule has 2 rings (SSSR count). The molecule has 3 amide bonds. The molecule has 6 nitrogen and oxygen atoms in total. The van der Waals surface area contributed by atoms with Gasteiger partial charge in [-0.25, -0.2) is 13.2 Å². The van der Waals surface area contributed by atoms with Crippen molar-refractivity contribution in [1.29, 1.82) is 0 Å². The van der Waals surface area contributed by atoms with Crippen molar-refractivity contribution < 1.29 is 18.0 Å². The van der Waals surface area contributed by atoms with Crippen molar-refractivity contribution in [2.45, 2.75) is 44.6 Å². The van der Waals surface area contributed by atoms with Crippen molar-refractivity contribution in [2.75, 3.05) is 18.1 Å². The molecule has 2 aliphatic rings. The van der Waals surface area contributed by atoms with E-state index >= 15 is 0 Å². The molecule has 0 aromatic carbocycles. The summed E-state index contributed by atoms with van der Waals surface area (Å²) in [5.74, 6) is -0.0331. The van der Waals surface area contributed by atoms with Gasteiger partial charge in [-0.05, 0) is 19.3 Å². The second-order valence-electron chi connectivity index (χ2n) is 5.24. The van der Waals surface area contributed by atoms with Gasteiger partial charge in [0, 0.05) is 12.3 Å². The molecule has 0 bridgehead atoms. The van der Waals surface area contributed by atoms with Crippen LogP contribution >= 0.6 is 0 Å². The van der Waals surface area contributed by atoms with E-state index in [0.29, 0.717) is 25.8 Å². The van der Waals surface area contributed by atoms with Crippen LogP contribution in [0.1, 0.15) is 39.0 Å². The van der Waals surface area contributed by atoms with E-state index in [1.54, 1.807) is 11.8 Å². The number of nitrogens with one attached hydrogen (secondary N) is 1. The first-order valence-electron chi connectivity index (χ1n) is 6.75. The lowest BCUT2D eigenvalue weighted by Gasteiger charge is -2.31. The fourth-order valence-corrected chi connectivity index (χ4v) is 3.81. The Labute approximate surface area is 113 Å². The minimum Gasteiger partial charge on any atom is -0.310 e. The van der Waals surface area contributed by atoms with Gasteiger partial charge in [0.1, 0.15) is 15.4 Å². The maximum absolute atomic E-state index is 11.9. The molecule has 0 unspecified atom stereocenters. The highest BCUT2D eigenvalue weighted by Gasteiger charge is 2.53. The van der Waals surface area contributed by atoms with E-state index in [0.717, 1.165) is 12.8 Å². The third kappa shape index (κ3) is 2.61. The Bertz CT molecular complexity index is 480. The number of carbonyl (C=O) groups is 2. The predicted molar refractivity (Wildman–Crippen MR) is 70.4 cm³/mol. The molecule has 0 radical (unpaired) electrons. The number of nitrogens with zero attached hydrogens (tertiary/aromatic N) is 1. The number of hydrogen-bond donors (Lipinski definition) is 1. The van der Waals surface area contributed by atoms with Gasteiger partial charge in [0.15, 0.2) is 0 Å². The average Bonchev–Trinajstić information content (AvgIpc) is 2.92. The molecule has 1 aliphatic heterocycles. The lowest BCUT2D eigenvalue weighted by atomic mass is 9.96. The summed E-state index contributed by atoms with van der Waals surface area (Å²) in [4.78, 5) is 25.3. The number of imide groups is 1. The number of carbonyl (C=O) groups excluding carboxylic acids is 2. The summed E-state index contributed by atoms with van der Waals surface area (Å²) < 4.78 is 22.9. The van der Waals surface area contributed by atoms with Gasteiger partial charge < -0.3 is 4.90 Å². The Balaban J connectivity index is 2.02. The van der Waals surface area contributed by atoms with Crippen molar-refractivity contribution in [3.63, 3.8) is 0 Å². The highest BCUT2D eigenvalue weighted by atomic mass is 32.2. The van der Waals surface area contributed by atoms with Crippen molar-refractivity contribution in [3.05, 3.63) is 0 Å². The second-order valence-corrected chi connectivity index (χ2v) is 7.71. The maximum atomic E-state index is 11.9. The average molecular weight is 288 g/mol. The quantitative estimate of drug-likeness (QED) is 0.754. The van der Waals surface area contributed by atoms with Gasteiger partial charge in [0.2, 0.25) is 0 Å². The summed E-state index contributed by atoms with van der Waals surface area (Å²) >= 11 is 0. The van der Waals surface area contributed by atoms with E-state index in [4.69, 9.17) is 0 Å². The van der Waals surface area contributed by atoms with Crippen LogP contribution in [0.15, 0.2) is 0 Å². The number of amides is 3. The van der Waals surface area contributed by atoms with Crippen molar-refractivity contribution >= 4 is 21.8 Å². The van der Waals surface area contributed by atoms with Gasteiger partial charge in [-0.15, -0.1) is 0 Å². The smallest absolute Gasteiger partial charge is 0.310 e. The van der Waals surface area contributed by atoms with Crippen LogP contribution in [-0.2, 0) is 14.6 Å². The molecule has 1 spiro atoms. The minimum absolute atomic E-state index is 0.0670. The fraction of sp³-hybridized carbons (Fsp3) is 0.833. The Kier molecular flexibility index (Phi) is 3.85. The summed E-state index contributed by atoms with van der Waals surface area (Å²) in [6.07, 6.45) is 3.63. The highest BCUT2D eigenvalue weighted by Crippen LogP contribution is 2.38. The molecule has 1 saturated carbocycles. The molecular formula is C12H20N2O4S. The Morgan fingerprint density at radius 1 is 1.26 bits per heavy atom. The predicted octanol–water partition coefficient (Wildman–Crippen LogP) is 0.676. The molecule has 108 valence electrons. The third-order valence-electron chi connectivity index (χ3n) is 4.11.